The normalized spacial score (nSPS) is 13.3. The van der Waals surface area contributed by atoms with Crippen LogP contribution in [-0.4, -0.2) is 36.1 Å². The molecule has 0 N–H and O–H groups in total. The van der Waals surface area contributed by atoms with E-state index < -0.39 is 0 Å². The Morgan fingerprint density at radius 3 is 2.54 bits per heavy atom. The van der Waals surface area contributed by atoms with E-state index in [1.54, 1.807) is 36.5 Å². The Hall–Kier alpha value is -3.34. The van der Waals surface area contributed by atoms with Crippen molar-refractivity contribution in [1.82, 2.24) is 9.88 Å². The average molecular weight is 374 g/mol. The summed E-state index contributed by atoms with van der Waals surface area (Å²) in [4.78, 5) is 18.7. The van der Waals surface area contributed by atoms with Gasteiger partial charge in [0.05, 0.1) is 13.7 Å². The van der Waals surface area contributed by atoms with Crippen LogP contribution in [0.15, 0.2) is 60.9 Å². The van der Waals surface area contributed by atoms with Crippen molar-refractivity contribution in [3.05, 3.63) is 77.6 Å². The molecule has 3 aromatic rings. The van der Waals surface area contributed by atoms with Gasteiger partial charge in [-0.2, -0.15) is 0 Å². The van der Waals surface area contributed by atoms with Crippen LogP contribution in [0.25, 0.3) is 11.1 Å². The summed E-state index contributed by atoms with van der Waals surface area (Å²) in [5.41, 5.74) is 4.92. The Bertz CT molecular complexity index is 985. The minimum Gasteiger partial charge on any atom is -0.493 e. The summed E-state index contributed by atoms with van der Waals surface area (Å²) in [6.07, 6.45) is 3.27. The van der Waals surface area contributed by atoms with Gasteiger partial charge in [-0.25, -0.2) is 0 Å². The zero-order chi connectivity index (χ0) is 19.5. The molecule has 0 atom stereocenters. The van der Waals surface area contributed by atoms with Gasteiger partial charge in [-0.05, 0) is 42.3 Å². The van der Waals surface area contributed by atoms with Crippen molar-refractivity contribution >= 4 is 5.91 Å². The molecule has 2 aromatic carbocycles. The molecule has 142 valence electrons. The van der Waals surface area contributed by atoms with Crippen LogP contribution in [-0.2, 0) is 6.54 Å². The van der Waals surface area contributed by atoms with Crippen LogP contribution in [0.5, 0.6) is 11.5 Å². The standard InChI is InChI=1S/C23H22N2O3/c1-16-3-5-17(6-4-16)19-13-20-15-25(23(26)18-7-9-24-10-8-18)11-12-28-22(20)21(14-19)27-2/h3-10,13-14H,11-12,15H2,1-2H3. The van der Waals surface area contributed by atoms with Gasteiger partial charge in [-0.1, -0.05) is 29.8 Å². The van der Waals surface area contributed by atoms with E-state index in [9.17, 15) is 4.79 Å². The van der Waals surface area contributed by atoms with E-state index in [0.717, 1.165) is 16.7 Å². The molecule has 0 spiro atoms. The SMILES string of the molecule is COc1cc(-c2ccc(C)cc2)cc2c1OCCN(C(=O)c1ccncc1)C2. The third kappa shape index (κ3) is 3.56. The number of aryl methyl sites for hydroxylation is 1. The number of aromatic nitrogens is 1. The lowest BCUT2D eigenvalue weighted by Gasteiger charge is -2.20. The molecule has 5 nitrogen and oxygen atoms in total. The Kier molecular flexibility index (Phi) is 4.98. The molecule has 2 heterocycles. The highest BCUT2D eigenvalue weighted by Crippen LogP contribution is 2.38. The van der Waals surface area contributed by atoms with E-state index in [1.807, 2.05) is 6.07 Å². The number of methoxy groups -OCH3 is 1. The second-order valence-electron chi connectivity index (χ2n) is 6.84. The Balaban J connectivity index is 1.71. The molecule has 0 fully saturated rings. The number of carbonyl (C=O) groups is 1. The van der Waals surface area contributed by atoms with Gasteiger partial charge >= 0.3 is 0 Å². The molecular formula is C23H22N2O3. The summed E-state index contributed by atoms with van der Waals surface area (Å²) < 4.78 is 11.6. The molecule has 0 saturated heterocycles. The van der Waals surface area contributed by atoms with Crippen molar-refractivity contribution in [3.8, 4) is 22.6 Å². The quantitative estimate of drug-likeness (QED) is 0.693. The molecule has 0 saturated carbocycles. The second-order valence-corrected chi connectivity index (χ2v) is 6.84. The number of hydrogen-bond donors (Lipinski definition) is 0. The summed E-state index contributed by atoms with van der Waals surface area (Å²) >= 11 is 0. The summed E-state index contributed by atoms with van der Waals surface area (Å²) in [6.45, 7) is 3.47. The Morgan fingerprint density at radius 1 is 1.07 bits per heavy atom. The number of amides is 1. The molecular weight excluding hydrogens is 352 g/mol. The van der Waals surface area contributed by atoms with Crippen LogP contribution < -0.4 is 9.47 Å². The summed E-state index contributed by atoms with van der Waals surface area (Å²) in [6, 6.07) is 15.9. The first-order valence-corrected chi connectivity index (χ1v) is 9.26. The van der Waals surface area contributed by atoms with Crippen molar-refractivity contribution in [3.63, 3.8) is 0 Å². The molecule has 0 radical (unpaired) electrons. The molecule has 0 unspecified atom stereocenters. The number of benzene rings is 2. The molecule has 1 aromatic heterocycles. The van der Waals surface area contributed by atoms with Crippen LogP contribution in [0.3, 0.4) is 0 Å². The van der Waals surface area contributed by atoms with Crippen molar-refractivity contribution in [2.75, 3.05) is 20.3 Å². The molecule has 1 amide bonds. The fourth-order valence-electron chi connectivity index (χ4n) is 3.40. The van der Waals surface area contributed by atoms with Gasteiger partial charge < -0.3 is 14.4 Å². The summed E-state index contributed by atoms with van der Waals surface area (Å²) in [7, 11) is 1.64. The van der Waals surface area contributed by atoms with Gasteiger partial charge in [0.2, 0.25) is 0 Å². The van der Waals surface area contributed by atoms with Crippen LogP contribution in [0.4, 0.5) is 0 Å². The lowest BCUT2D eigenvalue weighted by atomic mass is 10.0. The smallest absolute Gasteiger partial charge is 0.254 e. The van der Waals surface area contributed by atoms with Gasteiger partial charge in [-0.3, -0.25) is 9.78 Å². The molecule has 5 heteroatoms. The molecule has 4 rings (SSSR count). The summed E-state index contributed by atoms with van der Waals surface area (Å²) in [5, 5.41) is 0. The van der Waals surface area contributed by atoms with E-state index in [-0.39, 0.29) is 5.91 Å². The van der Waals surface area contributed by atoms with E-state index in [2.05, 4.69) is 42.2 Å². The van der Waals surface area contributed by atoms with Crippen LogP contribution in [0.1, 0.15) is 21.5 Å². The lowest BCUT2D eigenvalue weighted by Crippen LogP contribution is -2.32. The van der Waals surface area contributed by atoms with Crippen LogP contribution in [0.2, 0.25) is 0 Å². The van der Waals surface area contributed by atoms with E-state index >= 15 is 0 Å². The largest absolute Gasteiger partial charge is 0.493 e. The first kappa shape index (κ1) is 18.0. The number of carbonyl (C=O) groups excluding carboxylic acids is 1. The minimum atomic E-state index is -0.0291. The zero-order valence-electron chi connectivity index (χ0n) is 16.0. The Labute approximate surface area is 164 Å². The van der Waals surface area contributed by atoms with Crippen molar-refractivity contribution in [2.24, 2.45) is 0 Å². The van der Waals surface area contributed by atoms with Gasteiger partial charge in [0.1, 0.15) is 6.61 Å². The number of rotatable bonds is 3. The fraction of sp³-hybridized carbons (Fsp3) is 0.217. The first-order chi connectivity index (χ1) is 13.7. The van der Waals surface area contributed by atoms with E-state index in [1.165, 1.54) is 5.56 Å². The highest BCUT2D eigenvalue weighted by Gasteiger charge is 2.24. The van der Waals surface area contributed by atoms with Crippen molar-refractivity contribution in [1.29, 1.82) is 0 Å². The molecule has 0 aliphatic carbocycles. The molecule has 28 heavy (non-hydrogen) atoms. The highest BCUT2D eigenvalue weighted by atomic mass is 16.5. The average Bonchev–Trinajstić information content (AvgIpc) is 2.96. The van der Waals surface area contributed by atoms with E-state index in [4.69, 9.17) is 9.47 Å². The number of pyridine rings is 1. The summed E-state index contributed by atoms with van der Waals surface area (Å²) in [5.74, 6) is 1.37. The van der Waals surface area contributed by atoms with Gasteiger partial charge in [0.15, 0.2) is 11.5 Å². The highest BCUT2D eigenvalue weighted by molar-refractivity contribution is 5.94. The predicted molar refractivity (Wildman–Crippen MR) is 108 cm³/mol. The minimum absolute atomic E-state index is 0.0291. The lowest BCUT2D eigenvalue weighted by molar-refractivity contribution is 0.0733. The first-order valence-electron chi connectivity index (χ1n) is 9.26. The maximum atomic E-state index is 12.9. The predicted octanol–water partition coefficient (Wildman–Crippen LogP) is 4.10. The van der Waals surface area contributed by atoms with E-state index in [0.29, 0.717) is 36.8 Å². The Morgan fingerprint density at radius 2 is 1.82 bits per heavy atom. The third-order valence-corrected chi connectivity index (χ3v) is 4.92. The maximum absolute atomic E-state index is 12.9. The molecule has 0 bridgehead atoms. The molecule has 1 aliphatic heterocycles. The van der Waals surface area contributed by atoms with Crippen LogP contribution >= 0.6 is 0 Å². The van der Waals surface area contributed by atoms with Crippen molar-refractivity contribution < 1.29 is 14.3 Å². The number of fused-ring (bicyclic) bond motifs is 1. The van der Waals surface area contributed by atoms with Gasteiger partial charge in [-0.15, -0.1) is 0 Å². The van der Waals surface area contributed by atoms with Gasteiger partial charge in [0.25, 0.3) is 5.91 Å². The van der Waals surface area contributed by atoms with Crippen molar-refractivity contribution in [2.45, 2.75) is 13.5 Å². The fourth-order valence-corrected chi connectivity index (χ4v) is 3.40. The maximum Gasteiger partial charge on any atom is 0.254 e. The monoisotopic (exact) mass is 374 g/mol. The van der Waals surface area contributed by atoms with Gasteiger partial charge in [0, 0.05) is 30.1 Å². The number of ether oxygens (including phenoxy) is 2. The number of nitrogens with zero attached hydrogens (tertiary/aromatic N) is 2. The third-order valence-electron chi connectivity index (χ3n) is 4.92. The second kappa shape index (κ2) is 7.72. The molecule has 1 aliphatic rings. The number of hydrogen-bond acceptors (Lipinski definition) is 4. The topological polar surface area (TPSA) is 51.7 Å². The zero-order valence-corrected chi connectivity index (χ0v) is 16.0. The van der Waals surface area contributed by atoms with Crippen LogP contribution in [0, 0.1) is 6.92 Å².